The van der Waals surface area contributed by atoms with Crippen LogP contribution in [0.15, 0.2) is 0 Å². The highest BCUT2D eigenvalue weighted by atomic mass is 16.6. The summed E-state index contributed by atoms with van der Waals surface area (Å²) in [7, 11) is 0. The third-order valence-electron chi connectivity index (χ3n) is 4.25. The van der Waals surface area contributed by atoms with Gasteiger partial charge in [0.1, 0.15) is 5.60 Å². The highest BCUT2D eigenvalue weighted by Gasteiger charge is 2.49. The van der Waals surface area contributed by atoms with E-state index >= 15 is 0 Å². The number of ether oxygens (including phenoxy) is 1. The quantitative estimate of drug-likeness (QED) is 0.756. The zero-order chi connectivity index (χ0) is 13.4. The van der Waals surface area contributed by atoms with Crippen molar-refractivity contribution in [2.45, 2.75) is 77.0 Å². The molecular weight excluding hydrogens is 228 g/mol. The van der Waals surface area contributed by atoms with Gasteiger partial charge in [-0.25, -0.2) is 4.79 Å². The molecule has 0 aliphatic heterocycles. The molecule has 4 heteroatoms. The molecule has 0 aromatic carbocycles. The van der Waals surface area contributed by atoms with Gasteiger partial charge in [-0.2, -0.15) is 0 Å². The molecule has 2 aliphatic rings. The molecule has 3 N–H and O–H groups in total. The molecule has 0 aromatic heterocycles. The molecule has 2 rings (SSSR count). The lowest BCUT2D eigenvalue weighted by Crippen LogP contribution is -2.59. The second kappa shape index (κ2) is 4.72. The normalized spacial score (nSPS) is 36.0. The van der Waals surface area contributed by atoms with Gasteiger partial charge in [0, 0.05) is 12.1 Å². The molecule has 4 nitrogen and oxygen atoms in total. The molecule has 0 bridgehead atoms. The summed E-state index contributed by atoms with van der Waals surface area (Å²) in [4.78, 5) is 11.7. The van der Waals surface area contributed by atoms with Crippen LogP contribution >= 0.6 is 0 Å². The fourth-order valence-electron chi connectivity index (χ4n) is 3.34. The number of hydrogen-bond acceptors (Lipinski definition) is 3. The molecule has 0 aromatic rings. The van der Waals surface area contributed by atoms with Gasteiger partial charge in [-0.1, -0.05) is 12.8 Å². The van der Waals surface area contributed by atoms with E-state index < -0.39 is 5.60 Å². The minimum absolute atomic E-state index is 0.254. The number of carbonyl (C=O) groups excluding carboxylic acids is 1. The number of nitrogens with one attached hydrogen (secondary N) is 1. The molecule has 0 saturated heterocycles. The predicted octanol–water partition coefficient (Wildman–Crippen LogP) is 2.56. The fourth-order valence-corrected chi connectivity index (χ4v) is 3.34. The van der Waals surface area contributed by atoms with Gasteiger partial charge in [-0.3, -0.25) is 0 Å². The molecular formula is C14H26N2O2. The van der Waals surface area contributed by atoms with Crippen LogP contribution in [0.4, 0.5) is 4.79 Å². The standard InChI is InChI=1S/C14H26N2O2/c1-13(2,3)18-12(17)16-10-8-14(9-10)7-5-4-6-11(14)15/h10-11H,4-9,15H2,1-3H3,(H,16,17). The Labute approximate surface area is 110 Å². The second-order valence-electron chi connectivity index (χ2n) is 6.97. The first-order valence-electron chi connectivity index (χ1n) is 7.06. The van der Waals surface area contributed by atoms with E-state index in [1.54, 1.807) is 0 Å². The molecule has 2 saturated carbocycles. The van der Waals surface area contributed by atoms with Crippen molar-refractivity contribution in [2.75, 3.05) is 0 Å². The van der Waals surface area contributed by atoms with Crippen molar-refractivity contribution in [1.29, 1.82) is 0 Å². The van der Waals surface area contributed by atoms with E-state index in [2.05, 4.69) is 5.32 Å². The van der Waals surface area contributed by atoms with E-state index in [0.717, 1.165) is 19.3 Å². The van der Waals surface area contributed by atoms with E-state index in [4.69, 9.17) is 10.5 Å². The van der Waals surface area contributed by atoms with Gasteiger partial charge in [-0.15, -0.1) is 0 Å². The van der Waals surface area contributed by atoms with Crippen LogP contribution in [0.25, 0.3) is 0 Å². The number of alkyl carbamates (subject to hydrolysis) is 1. The van der Waals surface area contributed by atoms with Crippen LogP contribution in [0, 0.1) is 5.41 Å². The highest BCUT2D eigenvalue weighted by Crippen LogP contribution is 2.50. The van der Waals surface area contributed by atoms with Crippen molar-refractivity contribution in [3.05, 3.63) is 0 Å². The van der Waals surface area contributed by atoms with Crippen LogP contribution in [0.3, 0.4) is 0 Å². The first-order chi connectivity index (χ1) is 8.31. The van der Waals surface area contributed by atoms with Gasteiger partial charge in [-0.05, 0) is 51.9 Å². The maximum absolute atomic E-state index is 11.7. The lowest BCUT2D eigenvalue weighted by Gasteiger charge is -2.53. The zero-order valence-corrected chi connectivity index (χ0v) is 11.8. The van der Waals surface area contributed by atoms with Crippen molar-refractivity contribution in [3.63, 3.8) is 0 Å². The Bertz CT molecular complexity index is 316. The molecule has 0 radical (unpaired) electrons. The number of amides is 1. The Hall–Kier alpha value is -0.770. The summed E-state index contributed by atoms with van der Waals surface area (Å²) in [6, 6.07) is 0.576. The number of rotatable bonds is 1. The van der Waals surface area contributed by atoms with Crippen molar-refractivity contribution in [1.82, 2.24) is 5.32 Å². The minimum atomic E-state index is -0.424. The predicted molar refractivity (Wildman–Crippen MR) is 71.3 cm³/mol. The van der Waals surface area contributed by atoms with E-state index in [1.165, 1.54) is 19.3 Å². The van der Waals surface area contributed by atoms with Gasteiger partial charge in [0.2, 0.25) is 0 Å². The Morgan fingerprint density at radius 3 is 2.56 bits per heavy atom. The Kier molecular flexibility index (Phi) is 3.58. The molecule has 2 aliphatic carbocycles. The van der Waals surface area contributed by atoms with Crippen LogP contribution in [0.5, 0.6) is 0 Å². The topological polar surface area (TPSA) is 64.3 Å². The van der Waals surface area contributed by atoms with Crippen LogP contribution in [-0.2, 0) is 4.74 Å². The van der Waals surface area contributed by atoms with E-state index in [-0.39, 0.29) is 12.1 Å². The van der Waals surface area contributed by atoms with Gasteiger partial charge in [0.05, 0.1) is 0 Å². The lowest BCUT2D eigenvalue weighted by atomic mass is 9.56. The zero-order valence-electron chi connectivity index (χ0n) is 11.8. The highest BCUT2D eigenvalue weighted by molar-refractivity contribution is 5.68. The third-order valence-corrected chi connectivity index (χ3v) is 4.25. The summed E-state index contributed by atoms with van der Waals surface area (Å²) < 4.78 is 5.27. The SMILES string of the molecule is CC(C)(C)OC(=O)NC1CC2(CCCCC2N)C1. The van der Waals surface area contributed by atoms with Crippen molar-refractivity contribution >= 4 is 6.09 Å². The molecule has 1 amide bonds. The monoisotopic (exact) mass is 254 g/mol. The average molecular weight is 254 g/mol. The summed E-state index contributed by atoms with van der Waals surface area (Å²) in [6.45, 7) is 5.64. The van der Waals surface area contributed by atoms with E-state index in [1.807, 2.05) is 20.8 Å². The summed E-state index contributed by atoms with van der Waals surface area (Å²) >= 11 is 0. The van der Waals surface area contributed by atoms with Gasteiger partial charge >= 0.3 is 6.09 Å². The van der Waals surface area contributed by atoms with Crippen molar-refractivity contribution < 1.29 is 9.53 Å². The number of hydrogen-bond donors (Lipinski definition) is 2. The van der Waals surface area contributed by atoms with Gasteiger partial charge in [0.15, 0.2) is 0 Å². The molecule has 2 fully saturated rings. The summed E-state index contributed by atoms with van der Waals surface area (Å²) in [6.07, 6.45) is 6.65. The van der Waals surface area contributed by atoms with E-state index in [0.29, 0.717) is 11.5 Å². The third kappa shape index (κ3) is 2.97. The molecule has 1 spiro atoms. The largest absolute Gasteiger partial charge is 0.444 e. The van der Waals surface area contributed by atoms with Crippen LogP contribution in [0.2, 0.25) is 0 Å². The van der Waals surface area contributed by atoms with Crippen molar-refractivity contribution in [3.8, 4) is 0 Å². The smallest absolute Gasteiger partial charge is 0.407 e. The fraction of sp³-hybridized carbons (Fsp3) is 0.929. The first kappa shape index (κ1) is 13.7. The van der Waals surface area contributed by atoms with Crippen molar-refractivity contribution in [2.24, 2.45) is 11.1 Å². The Balaban J connectivity index is 1.77. The molecule has 0 heterocycles. The maximum atomic E-state index is 11.7. The maximum Gasteiger partial charge on any atom is 0.407 e. The summed E-state index contributed by atoms with van der Waals surface area (Å²) in [5.74, 6) is 0. The van der Waals surface area contributed by atoms with Crippen LogP contribution in [0.1, 0.15) is 59.3 Å². The summed E-state index contributed by atoms with van der Waals surface area (Å²) in [5, 5.41) is 2.95. The molecule has 18 heavy (non-hydrogen) atoms. The lowest BCUT2D eigenvalue weighted by molar-refractivity contribution is 0.00471. The summed E-state index contributed by atoms with van der Waals surface area (Å²) in [5.41, 5.74) is 6.11. The van der Waals surface area contributed by atoms with E-state index in [9.17, 15) is 4.79 Å². The number of carbonyl (C=O) groups is 1. The Morgan fingerprint density at radius 2 is 2.00 bits per heavy atom. The van der Waals surface area contributed by atoms with Crippen LogP contribution in [-0.4, -0.2) is 23.8 Å². The molecule has 104 valence electrons. The Morgan fingerprint density at radius 1 is 1.33 bits per heavy atom. The number of nitrogens with two attached hydrogens (primary N) is 1. The first-order valence-corrected chi connectivity index (χ1v) is 7.06. The molecule has 1 unspecified atom stereocenters. The van der Waals surface area contributed by atoms with Gasteiger partial charge < -0.3 is 15.8 Å². The van der Waals surface area contributed by atoms with Crippen LogP contribution < -0.4 is 11.1 Å². The second-order valence-corrected chi connectivity index (χ2v) is 6.97. The average Bonchev–Trinajstić information content (AvgIpc) is 2.16. The van der Waals surface area contributed by atoms with Gasteiger partial charge in [0.25, 0.3) is 0 Å². The molecule has 1 atom stereocenters. The minimum Gasteiger partial charge on any atom is -0.444 e.